The predicted octanol–water partition coefficient (Wildman–Crippen LogP) is 3.41. The number of carbonyl (C=O) groups is 1. The van der Waals surface area contributed by atoms with Crippen molar-refractivity contribution in [3.8, 4) is 0 Å². The largest absolute Gasteiger partial charge is 0.444 e. The Bertz CT molecular complexity index is 607. The van der Waals surface area contributed by atoms with Crippen molar-refractivity contribution in [1.82, 2.24) is 4.90 Å². The van der Waals surface area contributed by atoms with Gasteiger partial charge in [0.25, 0.3) is 5.69 Å². The lowest BCUT2D eigenvalue weighted by atomic mass is 10.2. The summed E-state index contributed by atoms with van der Waals surface area (Å²) in [5, 5.41) is 11.0. The van der Waals surface area contributed by atoms with Crippen molar-refractivity contribution in [2.24, 2.45) is 0 Å². The quantitative estimate of drug-likeness (QED) is 0.575. The van der Waals surface area contributed by atoms with E-state index >= 15 is 0 Å². The van der Waals surface area contributed by atoms with Crippen molar-refractivity contribution >= 4 is 33.4 Å². The van der Waals surface area contributed by atoms with E-state index in [9.17, 15) is 14.9 Å². The number of piperazine rings is 1. The molecule has 0 aliphatic carbocycles. The van der Waals surface area contributed by atoms with Gasteiger partial charge in [0.2, 0.25) is 0 Å². The molecule has 1 aliphatic rings. The Labute approximate surface area is 143 Å². The van der Waals surface area contributed by atoms with Crippen molar-refractivity contribution in [2.45, 2.75) is 26.4 Å². The molecule has 1 saturated heterocycles. The zero-order valence-electron chi connectivity index (χ0n) is 13.4. The zero-order chi connectivity index (χ0) is 17.2. The molecule has 23 heavy (non-hydrogen) atoms. The minimum absolute atomic E-state index is 0.0453. The van der Waals surface area contributed by atoms with Crippen LogP contribution >= 0.6 is 15.9 Å². The molecule has 1 fully saturated rings. The summed E-state index contributed by atoms with van der Waals surface area (Å²) in [4.78, 5) is 26.3. The van der Waals surface area contributed by atoms with Gasteiger partial charge < -0.3 is 14.5 Å². The van der Waals surface area contributed by atoms with Crippen LogP contribution in [-0.2, 0) is 4.74 Å². The Balaban J connectivity index is 2.02. The number of benzene rings is 1. The van der Waals surface area contributed by atoms with Gasteiger partial charge in [0.05, 0.1) is 4.92 Å². The highest BCUT2D eigenvalue weighted by molar-refractivity contribution is 9.10. The number of ether oxygens (including phenoxy) is 1. The van der Waals surface area contributed by atoms with Crippen LogP contribution in [0.3, 0.4) is 0 Å². The van der Waals surface area contributed by atoms with Crippen molar-refractivity contribution in [3.63, 3.8) is 0 Å². The molecule has 0 atom stereocenters. The van der Waals surface area contributed by atoms with Gasteiger partial charge in [-0.2, -0.15) is 0 Å². The van der Waals surface area contributed by atoms with Crippen LogP contribution in [0, 0.1) is 10.1 Å². The van der Waals surface area contributed by atoms with Crippen molar-refractivity contribution < 1.29 is 14.5 Å². The van der Waals surface area contributed by atoms with Crippen LogP contribution in [0.25, 0.3) is 0 Å². The molecule has 8 heteroatoms. The summed E-state index contributed by atoms with van der Waals surface area (Å²) >= 11 is 3.30. The van der Waals surface area contributed by atoms with Crippen LogP contribution < -0.4 is 4.90 Å². The third-order valence-corrected chi connectivity index (χ3v) is 3.83. The second-order valence-corrected chi connectivity index (χ2v) is 7.29. The number of halogens is 1. The van der Waals surface area contributed by atoms with Crippen LogP contribution in [0.4, 0.5) is 16.2 Å². The number of nitro groups is 1. The van der Waals surface area contributed by atoms with Crippen molar-refractivity contribution in [1.29, 1.82) is 0 Å². The Kier molecular flexibility index (Phi) is 5.13. The van der Waals surface area contributed by atoms with Gasteiger partial charge in [-0.1, -0.05) is 15.9 Å². The fourth-order valence-corrected chi connectivity index (χ4v) is 2.79. The summed E-state index contributed by atoms with van der Waals surface area (Å²) in [6, 6.07) is 4.87. The van der Waals surface area contributed by atoms with Crippen LogP contribution in [-0.4, -0.2) is 47.7 Å². The molecule has 2 rings (SSSR count). The molecule has 1 aromatic rings. The van der Waals surface area contributed by atoms with E-state index < -0.39 is 10.5 Å². The van der Waals surface area contributed by atoms with Gasteiger partial charge in [0, 0.05) is 48.5 Å². The number of non-ortho nitro benzene ring substituents is 1. The average molecular weight is 386 g/mol. The Morgan fingerprint density at radius 1 is 1.22 bits per heavy atom. The number of hydrogen-bond donors (Lipinski definition) is 0. The maximum atomic E-state index is 12.0. The zero-order valence-corrected chi connectivity index (χ0v) is 15.0. The first-order valence-electron chi connectivity index (χ1n) is 7.33. The molecule has 1 aromatic carbocycles. The molecule has 0 N–H and O–H groups in total. The number of nitro benzene ring substituents is 1. The van der Waals surface area contributed by atoms with Crippen molar-refractivity contribution in [2.75, 3.05) is 31.1 Å². The Hall–Kier alpha value is -1.83. The van der Waals surface area contributed by atoms with Gasteiger partial charge >= 0.3 is 6.09 Å². The maximum Gasteiger partial charge on any atom is 0.410 e. The molecule has 7 nitrogen and oxygen atoms in total. The molecule has 1 heterocycles. The van der Waals surface area contributed by atoms with Gasteiger partial charge in [-0.3, -0.25) is 10.1 Å². The molecule has 1 aliphatic heterocycles. The Morgan fingerprint density at radius 3 is 2.35 bits per heavy atom. The fraction of sp³-hybridized carbons (Fsp3) is 0.533. The number of amides is 1. The summed E-state index contributed by atoms with van der Waals surface area (Å²) in [6.45, 7) is 7.76. The lowest BCUT2D eigenvalue weighted by Crippen LogP contribution is -2.50. The van der Waals surface area contributed by atoms with Crippen LogP contribution in [0.1, 0.15) is 20.8 Å². The molecule has 0 spiro atoms. The normalized spacial score (nSPS) is 15.5. The summed E-state index contributed by atoms with van der Waals surface area (Å²) in [5.74, 6) is 0. The monoisotopic (exact) mass is 385 g/mol. The lowest BCUT2D eigenvalue weighted by molar-refractivity contribution is -0.384. The van der Waals surface area contributed by atoms with E-state index in [-0.39, 0.29) is 11.8 Å². The number of anilines is 1. The third kappa shape index (κ3) is 4.82. The average Bonchev–Trinajstić information content (AvgIpc) is 2.45. The summed E-state index contributed by atoms with van der Waals surface area (Å²) in [5.41, 5.74) is 0.304. The minimum Gasteiger partial charge on any atom is -0.444 e. The maximum absolute atomic E-state index is 12.0. The third-order valence-electron chi connectivity index (χ3n) is 3.37. The number of rotatable bonds is 2. The number of carbonyl (C=O) groups excluding carboxylic acids is 1. The standard InChI is InChI=1S/C15H20BrN3O4/c1-15(2,3)23-14(20)18-6-4-17(5-7-18)12-8-11(16)9-13(10-12)19(21)22/h8-10H,4-7H2,1-3H3. The highest BCUT2D eigenvalue weighted by Crippen LogP contribution is 2.28. The van der Waals surface area contributed by atoms with E-state index in [2.05, 4.69) is 15.9 Å². The minimum atomic E-state index is -0.515. The first-order chi connectivity index (χ1) is 10.7. The molecule has 0 saturated carbocycles. The smallest absolute Gasteiger partial charge is 0.410 e. The van der Waals surface area contributed by atoms with Crippen LogP contribution in [0.2, 0.25) is 0 Å². The molecule has 0 unspecified atom stereocenters. The van der Waals surface area contributed by atoms with Gasteiger partial charge in [0.15, 0.2) is 0 Å². The lowest BCUT2D eigenvalue weighted by Gasteiger charge is -2.36. The first-order valence-corrected chi connectivity index (χ1v) is 8.13. The fourth-order valence-electron chi connectivity index (χ4n) is 2.32. The van der Waals surface area contributed by atoms with E-state index in [1.54, 1.807) is 11.0 Å². The molecular formula is C15H20BrN3O4. The summed E-state index contributed by atoms with van der Waals surface area (Å²) in [6.07, 6.45) is -0.322. The topological polar surface area (TPSA) is 75.9 Å². The number of hydrogen-bond acceptors (Lipinski definition) is 5. The second-order valence-electron chi connectivity index (χ2n) is 6.38. The van der Waals surface area contributed by atoms with E-state index in [1.165, 1.54) is 6.07 Å². The predicted molar refractivity (Wildman–Crippen MR) is 90.8 cm³/mol. The van der Waals surface area contributed by atoms with Gasteiger partial charge in [-0.05, 0) is 26.8 Å². The molecular weight excluding hydrogens is 366 g/mol. The van der Waals surface area contributed by atoms with E-state index in [1.807, 2.05) is 31.7 Å². The first kappa shape index (κ1) is 17.5. The molecule has 126 valence electrons. The molecule has 0 bridgehead atoms. The van der Waals surface area contributed by atoms with E-state index in [0.717, 1.165) is 5.69 Å². The SMILES string of the molecule is CC(C)(C)OC(=O)N1CCN(c2cc(Br)cc([N+](=O)[O-])c2)CC1. The van der Waals surface area contributed by atoms with Gasteiger partial charge in [-0.15, -0.1) is 0 Å². The number of nitrogens with zero attached hydrogens (tertiary/aromatic N) is 3. The summed E-state index contributed by atoms with van der Waals surface area (Å²) in [7, 11) is 0. The summed E-state index contributed by atoms with van der Waals surface area (Å²) < 4.78 is 6.02. The van der Waals surface area contributed by atoms with Gasteiger partial charge in [0.1, 0.15) is 5.60 Å². The van der Waals surface area contributed by atoms with Crippen LogP contribution in [0.5, 0.6) is 0 Å². The van der Waals surface area contributed by atoms with E-state index in [0.29, 0.717) is 30.7 Å². The highest BCUT2D eigenvalue weighted by Gasteiger charge is 2.26. The van der Waals surface area contributed by atoms with Gasteiger partial charge in [-0.25, -0.2) is 4.79 Å². The highest BCUT2D eigenvalue weighted by atomic mass is 79.9. The Morgan fingerprint density at radius 2 is 1.83 bits per heavy atom. The van der Waals surface area contributed by atoms with Crippen LogP contribution in [0.15, 0.2) is 22.7 Å². The van der Waals surface area contributed by atoms with Crippen molar-refractivity contribution in [3.05, 3.63) is 32.8 Å². The molecule has 1 amide bonds. The molecule has 0 aromatic heterocycles. The van der Waals surface area contributed by atoms with E-state index in [4.69, 9.17) is 4.74 Å². The second kappa shape index (κ2) is 6.74. The molecule has 0 radical (unpaired) electrons.